The molecule has 1 aromatic rings. The fourth-order valence-corrected chi connectivity index (χ4v) is 2.04. The van der Waals surface area contributed by atoms with Crippen LogP contribution in [-0.2, 0) is 6.42 Å². The summed E-state index contributed by atoms with van der Waals surface area (Å²) < 4.78 is 0. The van der Waals surface area contributed by atoms with Gasteiger partial charge in [-0.25, -0.2) is 0 Å². The van der Waals surface area contributed by atoms with Crippen LogP contribution in [0.3, 0.4) is 0 Å². The molecule has 1 heteroatoms. The first-order valence-electron chi connectivity index (χ1n) is 6.89. The van der Waals surface area contributed by atoms with Gasteiger partial charge in [-0.15, -0.1) is 0 Å². The van der Waals surface area contributed by atoms with Gasteiger partial charge >= 0.3 is 0 Å². The van der Waals surface area contributed by atoms with Crippen molar-refractivity contribution in [3.8, 4) is 0 Å². The summed E-state index contributed by atoms with van der Waals surface area (Å²) in [4.78, 5) is 0. The van der Waals surface area contributed by atoms with Gasteiger partial charge in [-0.1, -0.05) is 56.5 Å². The predicted molar refractivity (Wildman–Crippen MR) is 76.2 cm³/mol. The highest BCUT2D eigenvalue weighted by atomic mass is 14.6. The third-order valence-corrected chi connectivity index (χ3v) is 3.28. The molecule has 0 aliphatic heterocycles. The van der Waals surface area contributed by atoms with E-state index in [2.05, 4.69) is 45.0 Å². The van der Waals surface area contributed by atoms with Crippen LogP contribution < -0.4 is 5.73 Å². The van der Waals surface area contributed by atoms with Gasteiger partial charge in [-0.2, -0.15) is 0 Å². The molecule has 0 aromatic heterocycles. The molecule has 0 saturated carbocycles. The average molecular weight is 233 g/mol. The van der Waals surface area contributed by atoms with E-state index in [1.165, 1.54) is 30.4 Å². The zero-order valence-corrected chi connectivity index (χ0v) is 11.6. The van der Waals surface area contributed by atoms with Gasteiger partial charge in [-0.05, 0) is 37.7 Å². The lowest BCUT2D eigenvalue weighted by atomic mass is 9.98. The van der Waals surface area contributed by atoms with Crippen molar-refractivity contribution in [1.29, 1.82) is 0 Å². The van der Waals surface area contributed by atoms with Crippen LogP contribution in [0.15, 0.2) is 24.3 Å². The fourth-order valence-electron chi connectivity index (χ4n) is 2.04. The molecular weight excluding hydrogens is 206 g/mol. The molecule has 2 N–H and O–H groups in total. The van der Waals surface area contributed by atoms with Crippen molar-refractivity contribution in [2.45, 2.75) is 58.9 Å². The Bertz CT molecular complexity index is 300. The average Bonchev–Trinajstić information content (AvgIpc) is 2.28. The van der Waals surface area contributed by atoms with Gasteiger partial charge < -0.3 is 5.73 Å². The third-order valence-electron chi connectivity index (χ3n) is 3.28. The predicted octanol–water partition coefficient (Wildman–Crippen LogP) is 4.08. The lowest BCUT2D eigenvalue weighted by Gasteiger charge is -2.12. The van der Waals surface area contributed by atoms with Gasteiger partial charge in [-0.3, -0.25) is 0 Å². The van der Waals surface area contributed by atoms with E-state index in [-0.39, 0.29) is 0 Å². The van der Waals surface area contributed by atoms with Crippen molar-refractivity contribution >= 4 is 0 Å². The van der Waals surface area contributed by atoms with E-state index in [1.807, 2.05) is 0 Å². The van der Waals surface area contributed by atoms with Crippen LogP contribution in [0.2, 0.25) is 0 Å². The van der Waals surface area contributed by atoms with E-state index in [0.717, 1.165) is 18.8 Å². The molecule has 0 amide bonds. The number of aryl methyl sites for hydroxylation is 2. The molecule has 0 radical (unpaired) electrons. The quantitative estimate of drug-likeness (QED) is 0.754. The summed E-state index contributed by atoms with van der Waals surface area (Å²) in [5.74, 6) is 0.805. The van der Waals surface area contributed by atoms with Crippen LogP contribution >= 0.6 is 0 Å². The van der Waals surface area contributed by atoms with Crippen LogP contribution in [0.25, 0.3) is 0 Å². The van der Waals surface area contributed by atoms with Gasteiger partial charge in [0.25, 0.3) is 0 Å². The lowest BCUT2D eigenvalue weighted by Crippen LogP contribution is -2.20. The minimum Gasteiger partial charge on any atom is -0.328 e. The number of nitrogens with two attached hydrogens (primary N) is 1. The second-order valence-electron chi connectivity index (χ2n) is 5.61. The summed E-state index contributed by atoms with van der Waals surface area (Å²) in [5.41, 5.74) is 8.88. The molecular formula is C16H27N. The maximum absolute atomic E-state index is 6.14. The zero-order valence-electron chi connectivity index (χ0n) is 11.6. The van der Waals surface area contributed by atoms with Crippen molar-refractivity contribution in [2.75, 3.05) is 0 Å². The summed E-state index contributed by atoms with van der Waals surface area (Å²) >= 11 is 0. The van der Waals surface area contributed by atoms with Crippen LogP contribution in [-0.4, -0.2) is 6.04 Å². The molecule has 1 nitrogen and oxygen atoms in total. The lowest BCUT2D eigenvalue weighted by molar-refractivity contribution is 0.482. The Morgan fingerprint density at radius 2 is 1.65 bits per heavy atom. The Labute approximate surface area is 106 Å². The topological polar surface area (TPSA) is 26.0 Å². The SMILES string of the molecule is Cc1ccc(CCC(N)CCCC(C)C)cc1. The van der Waals surface area contributed by atoms with Crippen LogP contribution in [0.4, 0.5) is 0 Å². The van der Waals surface area contributed by atoms with Crippen molar-refractivity contribution < 1.29 is 0 Å². The Morgan fingerprint density at radius 3 is 2.24 bits per heavy atom. The molecule has 1 unspecified atom stereocenters. The highest BCUT2D eigenvalue weighted by Gasteiger charge is 2.04. The largest absolute Gasteiger partial charge is 0.328 e. The van der Waals surface area contributed by atoms with Gasteiger partial charge in [0.15, 0.2) is 0 Å². The highest BCUT2D eigenvalue weighted by Crippen LogP contribution is 2.12. The molecule has 0 spiro atoms. The van der Waals surface area contributed by atoms with Crippen LogP contribution in [0.1, 0.15) is 50.7 Å². The summed E-state index contributed by atoms with van der Waals surface area (Å²) in [6.07, 6.45) is 5.97. The third kappa shape index (κ3) is 6.48. The summed E-state index contributed by atoms with van der Waals surface area (Å²) in [5, 5.41) is 0. The van der Waals surface area contributed by atoms with Gasteiger partial charge in [0, 0.05) is 6.04 Å². The van der Waals surface area contributed by atoms with Crippen LogP contribution in [0, 0.1) is 12.8 Å². The van der Waals surface area contributed by atoms with Gasteiger partial charge in [0.05, 0.1) is 0 Å². The molecule has 0 heterocycles. The summed E-state index contributed by atoms with van der Waals surface area (Å²) in [7, 11) is 0. The maximum Gasteiger partial charge on any atom is 0.00419 e. The first-order chi connectivity index (χ1) is 8.08. The molecule has 0 saturated heterocycles. The first-order valence-corrected chi connectivity index (χ1v) is 6.89. The molecule has 96 valence electrons. The molecule has 0 aliphatic carbocycles. The minimum absolute atomic E-state index is 0.370. The maximum atomic E-state index is 6.14. The van der Waals surface area contributed by atoms with Crippen molar-refractivity contribution in [2.24, 2.45) is 11.7 Å². The van der Waals surface area contributed by atoms with Crippen LogP contribution in [0.5, 0.6) is 0 Å². The standard InChI is InChI=1S/C16H27N/c1-13(2)5-4-6-16(17)12-11-15-9-7-14(3)8-10-15/h7-10,13,16H,4-6,11-12,17H2,1-3H3. The van der Waals surface area contributed by atoms with E-state index >= 15 is 0 Å². The molecule has 1 aromatic carbocycles. The fraction of sp³-hybridized carbons (Fsp3) is 0.625. The summed E-state index contributed by atoms with van der Waals surface area (Å²) in [6.45, 7) is 6.68. The van der Waals surface area contributed by atoms with Gasteiger partial charge in [0.1, 0.15) is 0 Å². The second kappa shape index (κ2) is 7.50. The van der Waals surface area contributed by atoms with E-state index in [0.29, 0.717) is 6.04 Å². The second-order valence-corrected chi connectivity index (χ2v) is 5.61. The number of hydrogen-bond donors (Lipinski definition) is 1. The minimum atomic E-state index is 0.370. The summed E-state index contributed by atoms with van der Waals surface area (Å²) in [6, 6.07) is 9.17. The molecule has 0 bridgehead atoms. The van der Waals surface area contributed by atoms with Crippen molar-refractivity contribution in [1.82, 2.24) is 0 Å². The highest BCUT2D eigenvalue weighted by molar-refractivity contribution is 5.21. The number of hydrogen-bond acceptors (Lipinski definition) is 1. The Hall–Kier alpha value is -0.820. The zero-order chi connectivity index (χ0) is 12.7. The van der Waals surface area contributed by atoms with E-state index in [1.54, 1.807) is 0 Å². The van der Waals surface area contributed by atoms with E-state index < -0.39 is 0 Å². The Balaban J connectivity index is 2.19. The molecule has 1 rings (SSSR count). The molecule has 1 atom stereocenters. The van der Waals surface area contributed by atoms with E-state index in [9.17, 15) is 0 Å². The normalized spacial score (nSPS) is 13.0. The molecule has 0 fully saturated rings. The van der Waals surface area contributed by atoms with Crippen molar-refractivity contribution in [3.05, 3.63) is 35.4 Å². The number of rotatable bonds is 7. The number of benzene rings is 1. The molecule has 17 heavy (non-hydrogen) atoms. The molecule has 0 aliphatic rings. The smallest absolute Gasteiger partial charge is 0.00419 e. The monoisotopic (exact) mass is 233 g/mol. The van der Waals surface area contributed by atoms with Crippen molar-refractivity contribution in [3.63, 3.8) is 0 Å². The van der Waals surface area contributed by atoms with E-state index in [4.69, 9.17) is 5.73 Å². The Morgan fingerprint density at radius 1 is 1.00 bits per heavy atom. The van der Waals surface area contributed by atoms with Gasteiger partial charge in [0.2, 0.25) is 0 Å². The first kappa shape index (κ1) is 14.2. The Kier molecular flexibility index (Phi) is 6.28.